The van der Waals surface area contributed by atoms with Crippen LogP contribution in [-0.4, -0.2) is 59.6 Å². The van der Waals surface area contributed by atoms with Gasteiger partial charge in [0.05, 0.1) is 25.5 Å². The van der Waals surface area contributed by atoms with Crippen LogP contribution >= 0.6 is 0 Å². The van der Waals surface area contributed by atoms with Gasteiger partial charge in [0, 0.05) is 37.7 Å². The number of guanidine groups is 1. The minimum absolute atomic E-state index is 0.0965. The highest BCUT2D eigenvalue weighted by Gasteiger charge is 2.17. The summed E-state index contributed by atoms with van der Waals surface area (Å²) in [6.45, 7) is 10.2. The number of sulfonamides is 1. The summed E-state index contributed by atoms with van der Waals surface area (Å²) in [5, 5.41) is 6.47. The fourth-order valence-corrected chi connectivity index (χ4v) is 3.64. The van der Waals surface area contributed by atoms with E-state index in [1.807, 2.05) is 6.92 Å². The molecule has 9 heteroatoms. The predicted molar refractivity (Wildman–Crippen MR) is 120 cm³/mol. The van der Waals surface area contributed by atoms with Crippen molar-refractivity contribution in [3.63, 3.8) is 0 Å². The lowest BCUT2D eigenvalue weighted by atomic mass is 10.1. The average molecular weight is 441 g/mol. The maximum atomic E-state index is 11.5. The zero-order valence-corrected chi connectivity index (χ0v) is 19.2. The van der Waals surface area contributed by atoms with E-state index < -0.39 is 10.0 Å². The molecule has 0 bridgehead atoms. The number of benzene rings is 1. The fraction of sp³-hybridized carbons (Fsp3) is 0.667. The van der Waals surface area contributed by atoms with Crippen molar-refractivity contribution in [3.05, 3.63) is 29.3 Å². The van der Waals surface area contributed by atoms with Crippen LogP contribution in [0.5, 0.6) is 5.75 Å². The Morgan fingerprint density at radius 2 is 2.10 bits per heavy atom. The van der Waals surface area contributed by atoms with Gasteiger partial charge in [0.2, 0.25) is 10.0 Å². The van der Waals surface area contributed by atoms with E-state index >= 15 is 0 Å². The lowest BCUT2D eigenvalue weighted by Crippen LogP contribution is -2.38. The predicted octanol–water partition coefficient (Wildman–Crippen LogP) is 1.79. The quantitative estimate of drug-likeness (QED) is 0.260. The molecule has 1 fully saturated rings. The van der Waals surface area contributed by atoms with Gasteiger partial charge in [-0.2, -0.15) is 0 Å². The normalized spacial score (nSPS) is 17.2. The number of nitrogens with zero attached hydrogens (tertiary/aromatic N) is 1. The Balaban J connectivity index is 1.89. The van der Waals surface area contributed by atoms with Crippen molar-refractivity contribution < 1.29 is 17.9 Å². The van der Waals surface area contributed by atoms with Crippen LogP contribution in [0.25, 0.3) is 0 Å². The average Bonchev–Trinajstić information content (AvgIpc) is 3.24. The highest BCUT2D eigenvalue weighted by atomic mass is 32.2. The molecule has 3 N–H and O–H groups in total. The van der Waals surface area contributed by atoms with Gasteiger partial charge in [-0.25, -0.2) is 18.1 Å². The highest BCUT2D eigenvalue weighted by Crippen LogP contribution is 2.23. The minimum atomic E-state index is -3.14. The summed E-state index contributed by atoms with van der Waals surface area (Å²) in [6, 6.07) is 6.18. The van der Waals surface area contributed by atoms with Crippen LogP contribution in [0.4, 0.5) is 0 Å². The Hall–Kier alpha value is -1.84. The molecule has 30 heavy (non-hydrogen) atoms. The Morgan fingerprint density at radius 3 is 2.80 bits per heavy atom. The van der Waals surface area contributed by atoms with E-state index in [4.69, 9.17) is 9.47 Å². The van der Waals surface area contributed by atoms with Crippen molar-refractivity contribution in [2.75, 3.05) is 45.2 Å². The van der Waals surface area contributed by atoms with Crippen molar-refractivity contribution >= 4 is 16.0 Å². The van der Waals surface area contributed by atoms with E-state index in [0.717, 1.165) is 43.1 Å². The Labute approximate surface area is 180 Å². The molecule has 1 unspecified atom stereocenters. The number of hydrogen-bond acceptors (Lipinski definition) is 5. The maximum absolute atomic E-state index is 11.5. The maximum Gasteiger partial charge on any atom is 0.211 e. The van der Waals surface area contributed by atoms with Crippen LogP contribution in [0, 0.1) is 12.8 Å². The SMILES string of the molecule is CCNC(=NCc1ccc(C)cc1OCC1CCOC1)NCCCNS(=O)(=O)CC. The van der Waals surface area contributed by atoms with E-state index in [1.54, 1.807) is 6.92 Å². The summed E-state index contributed by atoms with van der Waals surface area (Å²) >= 11 is 0. The van der Waals surface area contributed by atoms with E-state index in [9.17, 15) is 8.42 Å². The zero-order chi connectivity index (χ0) is 21.8. The third-order valence-electron chi connectivity index (χ3n) is 4.82. The molecular formula is C21H36N4O4S. The molecule has 1 aromatic rings. The van der Waals surface area contributed by atoms with Gasteiger partial charge < -0.3 is 20.1 Å². The molecule has 0 spiro atoms. The second kappa shape index (κ2) is 12.8. The molecule has 1 saturated heterocycles. The lowest BCUT2D eigenvalue weighted by molar-refractivity contribution is 0.166. The molecule has 0 amide bonds. The standard InChI is InChI=1S/C21H36N4O4S/c1-4-22-21(23-10-6-11-25-30(26,27)5-2)24-14-19-8-7-17(3)13-20(19)29-16-18-9-12-28-15-18/h7-8,13,18,25H,4-6,9-12,14-16H2,1-3H3,(H2,22,23,24). The summed E-state index contributed by atoms with van der Waals surface area (Å²) < 4.78 is 37.0. The van der Waals surface area contributed by atoms with Crippen LogP contribution in [0.3, 0.4) is 0 Å². The Kier molecular flexibility index (Phi) is 10.4. The first-order chi connectivity index (χ1) is 14.4. The third-order valence-corrected chi connectivity index (χ3v) is 6.22. The summed E-state index contributed by atoms with van der Waals surface area (Å²) in [5.41, 5.74) is 2.19. The van der Waals surface area contributed by atoms with E-state index in [1.165, 1.54) is 0 Å². The van der Waals surface area contributed by atoms with Gasteiger partial charge in [-0.15, -0.1) is 0 Å². The molecule has 0 aromatic heterocycles. The molecule has 170 valence electrons. The second-order valence-electron chi connectivity index (χ2n) is 7.43. The van der Waals surface area contributed by atoms with Crippen LogP contribution < -0.4 is 20.1 Å². The number of hydrogen-bond donors (Lipinski definition) is 3. The van der Waals surface area contributed by atoms with E-state index in [-0.39, 0.29) is 5.75 Å². The summed E-state index contributed by atoms with van der Waals surface area (Å²) in [6.07, 6.45) is 1.72. The van der Waals surface area contributed by atoms with Gasteiger partial charge in [0.15, 0.2) is 5.96 Å². The molecule has 0 aliphatic carbocycles. The van der Waals surface area contributed by atoms with Gasteiger partial charge in [0.25, 0.3) is 0 Å². The first kappa shape index (κ1) is 24.4. The summed E-state index contributed by atoms with van der Waals surface area (Å²) in [5.74, 6) is 2.12. The molecule has 8 nitrogen and oxygen atoms in total. The molecule has 1 aliphatic heterocycles. The molecule has 2 rings (SSSR count). The molecule has 0 saturated carbocycles. The molecular weight excluding hydrogens is 404 g/mol. The van der Waals surface area contributed by atoms with E-state index in [0.29, 0.717) is 44.5 Å². The minimum Gasteiger partial charge on any atom is -0.493 e. The number of aliphatic imine (C=N–C) groups is 1. The number of rotatable bonds is 12. The van der Waals surface area contributed by atoms with Crippen LogP contribution in [-0.2, 0) is 21.3 Å². The van der Waals surface area contributed by atoms with Crippen molar-refractivity contribution in [2.24, 2.45) is 10.9 Å². The van der Waals surface area contributed by atoms with Crippen molar-refractivity contribution in [3.8, 4) is 5.75 Å². The van der Waals surface area contributed by atoms with Crippen molar-refractivity contribution in [1.29, 1.82) is 0 Å². The Bertz CT molecular complexity index is 777. The van der Waals surface area contributed by atoms with E-state index in [2.05, 4.69) is 45.5 Å². The molecule has 1 aliphatic rings. The van der Waals surface area contributed by atoms with Gasteiger partial charge in [-0.1, -0.05) is 12.1 Å². The highest BCUT2D eigenvalue weighted by molar-refractivity contribution is 7.89. The summed E-state index contributed by atoms with van der Waals surface area (Å²) in [7, 11) is -3.14. The number of aryl methyl sites for hydroxylation is 1. The Morgan fingerprint density at radius 1 is 1.27 bits per heavy atom. The molecule has 1 heterocycles. The van der Waals surface area contributed by atoms with Crippen LogP contribution in [0.15, 0.2) is 23.2 Å². The zero-order valence-electron chi connectivity index (χ0n) is 18.4. The van der Waals surface area contributed by atoms with Crippen molar-refractivity contribution in [2.45, 2.75) is 40.2 Å². The monoisotopic (exact) mass is 440 g/mol. The fourth-order valence-electron chi connectivity index (χ4n) is 2.98. The first-order valence-electron chi connectivity index (χ1n) is 10.7. The molecule has 0 radical (unpaired) electrons. The van der Waals surface area contributed by atoms with Gasteiger partial charge in [0.1, 0.15) is 5.75 Å². The van der Waals surface area contributed by atoms with Crippen molar-refractivity contribution in [1.82, 2.24) is 15.4 Å². The van der Waals surface area contributed by atoms with Gasteiger partial charge >= 0.3 is 0 Å². The largest absolute Gasteiger partial charge is 0.493 e. The smallest absolute Gasteiger partial charge is 0.211 e. The van der Waals surface area contributed by atoms with Crippen LogP contribution in [0.1, 0.15) is 37.8 Å². The lowest BCUT2D eigenvalue weighted by Gasteiger charge is -2.15. The first-order valence-corrected chi connectivity index (χ1v) is 12.4. The summed E-state index contributed by atoms with van der Waals surface area (Å²) in [4.78, 5) is 4.67. The van der Waals surface area contributed by atoms with Crippen LogP contribution in [0.2, 0.25) is 0 Å². The molecule has 1 atom stereocenters. The second-order valence-corrected chi connectivity index (χ2v) is 9.52. The topological polar surface area (TPSA) is 101 Å². The number of nitrogens with one attached hydrogen (secondary N) is 3. The van der Waals surface area contributed by atoms with Gasteiger partial charge in [-0.3, -0.25) is 0 Å². The molecule has 1 aromatic carbocycles. The third kappa shape index (κ3) is 8.89. The van der Waals surface area contributed by atoms with Gasteiger partial charge in [-0.05, 0) is 45.2 Å². The number of ether oxygens (including phenoxy) is 2.